The third kappa shape index (κ3) is 3.09. The zero-order valence-electron chi connectivity index (χ0n) is 11.4. The number of rotatable bonds is 5. The molecule has 0 unspecified atom stereocenters. The van der Waals surface area contributed by atoms with Crippen molar-refractivity contribution in [3.05, 3.63) is 26.9 Å². The Bertz CT molecular complexity index is 540. The van der Waals surface area contributed by atoms with Crippen LogP contribution in [0.1, 0.15) is 20.3 Å². The molecule has 6 heteroatoms. The van der Waals surface area contributed by atoms with Gasteiger partial charge in [0.2, 0.25) is 0 Å². The molecule has 100 valence electrons. The second-order valence-electron chi connectivity index (χ2n) is 4.23. The highest BCUT2D eigenvalue weighted by atomic mass is 16.2. The average Bonchev–Trinajstić information content (AvgIpc) is 2.31. The molecular weight excluding hydrogens is 232 g/mol. The smallest absolute Gasteiger partial charge is 0.332 e. The zero-order chi connectivity index (χ0) is 13.7. The normalized spacial score (nSPS) is 11.1. The largest absolute Gasteiger partial charge is 0.369 e. The SMILES string of the molecule is CCCn1c(=O)cc(/N=C/N(C)C)n(CC)c1=O. The lowest BCUT2D eigenvalue weighted by molar-refractivity contribution is 0.560. The fourth-order valence-electron chi connectivity index (χ4n) is 1.61. The van der Waals surface area contributed by atoms with E-state index in [9.17, 15) is 9.59 Å². The van der Waals surface area contributed by atoms with E-state index in [1.165, 1.54) is 15.2 Å². The first-order chi connectivity index (χ1) is 8.51. The van der Waals surface area contributed by atoms with Crippen molar-refractivity contribution in [2.45, 2.75) is 33.4 Å². The molecule has 0 bridgehead atoms. The van der Waals surface area contributed by atoms with Gasteiger partial charge in [-0.1, -0.05) is 6.92 Å². The topological polar surface area (TPSA) is 59.6 Å². The number of aromatic nitrogens is 2. The van der Waals surface area contributed by atoms with E-state index in [-0.39, 0.29) is 11.2 Å². The maximum atomic E-state index is 12.1. The van der Waals surface area contributed by atoms with Crippen LogP contribution in [0.25, 0.3) is 0 Å². The summed E-state index contributed by atoms with van der Waals surface area (Å²) in [5.41, 5.74) is -0.588. The summed E-state index contributed by atoms with van der Waals surface area (Å²) in [4.78, 5) is 29.8. The van der Waals surface area contributed by atoms with E-state index in [4.69, 9.17) is 0 Å². The van der Waals surface area contributed by atoms with Gasteiger partial charge >= 0.3 is 5.69 Å². The van der Waals surface area contributed by atoms with Gasteiger partial charge in [-0.2, -0.15) is 0 Å². The van der Waals surface area contributed by atoms with Crippen molar-refractivity contribution in [3.8, 4) is 0 Å². The summed E-state index contributed by atoms with van der Waals surface area (Å²) >= 11 is 0. The van der Waals surface area contributed by atoms with Gasteiger partial charge in [0.25, 0.3) is 5.56 Å². The molecule has 0 aliphatic rings. The van der Waals surface area contributed by atoms with Crippen molar-refractivity contribution in [2.75, 3.05) is 14.1 Å². The Morgan fingerprint density at radius 3 is 2.44 bits per heavy atom. The summed E-state index contributed by atoms with van der Waals surface area (Å²) in [6.45, 7) is 4.72. The van der Waals surface area contributed by atoms with Crippen LogP contribution in [0.15, 0.2) is 20.6 Å². The molecule has 0 aromatic carbocycles. The number of aliphatic imine (C=N–C) groups is 1. The van der Waals surface area contributed by atoms with Crippen LogP contribution in [0, 0.1) is 0 Å². The molecule has 1 heterocycles. The first kappa shape index (κ1) is 14.2. The van der Waals surface area contributed by atoms with Crippen LogP contribution in [0.2, 0.25) is 0 Å². The average molecular weight is 252 g/mol. The second kappa shape index (κ2) is 6.18. The van der Waals surface area contributed by atoms with Crippen molar-refractivity contribution in [2.24, 2.45) is 4.99 Å². The van der Waals surface area contributed by atoms with Crippen LogP contribution >= 0.6 is 0 Å². The molecule has 0 fully saturated rings. The van der Waals surface area contributed by atoms with Crippen molar-refractivity contribution in [1.82, 2.24) is 14.0 Å². The fourth-order valence-corrected chi connectivity index (χ4v) is 1.61. The summed E-state index contributed by atoms with van der Waals surface area (Å²) in [7, 11) is 3.66. The van der Waals surface area contributed by atoms with Gasteiger partial charge in [0.15, 0.2) is 0 Å². The lowest BCUT2D eigenvalue weighted by atomic mass is 10.4. The molecule has 0 radical (unpaired) electrons. The van der Waals surface area contributed by atoms with E-state index in [1.807, 2.05) is 27.9 Å². The van der Waals surface area contributed by atoms with Gasteiger partial charge in [-0.3, -0.25) is 13.9 Å². The Morgan fingerprint density at radius 2 is 1.94 bits per heavy atom. The summed E-state index contributed by atoms with van der Waals surface area (Å²) in [5.74, 6) is 0.397. The Kier molecular flexibility index (Phi) is 4.88. The van der Waals surface area contributed by atoms with Gasteiger partial charge in [0.1, 0.15) is 5.82 Å². The first-order valence-electron chi connectivity index (χ1n) is 6.06. The predicted octanol–water partition coefficient (Wildman–Crippen LogP) is 0.661. The van der Waals surface area contributed by atoms with Gasteiger partial charge in [-0.05, 0) is 13.3 Å². The van der Waals surface area contributed by atoms with Crippen molar-refractivity contribution < 1.29 is 0 Å². The van der Waals surface area contributed by atoms with Crippen molar-refractivity contribution in [3.63, 3.8) is 0 Å². The molecule has 0 atom stereocenters. The molecule has 0 saturated carbocycles. The van der Waals surface area contributed by atoms with Gasteiger partial charge in [0, 0.05) is 33.3 Å². The monoisotopic (exact) mass is 252 g/mol. The molecule has 0 saturated heterocycles. The van der Waals surface area contributed by atoms with Gasteiger partial charge in [-0.15, -0.1) is 0 Å². The predicted molar refractivity (Wildman–Crippen MR) is 72.8 cm³/mol. The van der Waals surface area contributed by atoms with E-state index in [2.05, 4.69) is 4.99 Å². The highest BCUT2D eigenvalue weighted by molar-refractivity contribution is 5.58. The van der Waals surface area contributed by atoms with E-state index < -0.39 is 0 Å². The van der Waals surface area contributed by atoms with Crippen LogP contribution in [0.3, 0.4) is 0 Å². The zero-order valence-corrected chi connectivity index (χ0v) is 11.4. The summed E-state index contributed by atoms with van der Waals surface area (Å²) in [6.07, 6.45) is 2.32. The molecule has 0 N–H and O–H groups in total. The van der Waals surface area contributed by atoms with Crippen LogP contribution in [0.4, 0.5) is 5.82 Å². The number of hydrogen-bond acceptors (Lipinski definition) is 3. The summed E-state index contributed by atoms with van der Waals surface area (Å²) in [6, 6.07) is 1.40. The molecule has 1 aromatic rings. The van der Waals surface area contributed by atoms with Gasteiger partial charge in [0.05, 0.1) is 6.34 Å². The Balaban J connectivity index is 3.38. The van der Waals surface area contributed by atoms with Crippen LogP contribution < -0.4 is 11.2 Å². The lowest BCUT2D eigenvalue weighted by Gasteiger charge is -2.11. The molecular formula is C12H20N4O2. The summed E-state index contributed by atoms with van der Waals surface area (Å²) < 4.78 is 2.75. The van der Waals surface area contributed by atoms with Crippen LogP contribution in [0.5, 0.6) is 0 Å². The van der Waals surface area contributed by atoms with E-state index in [1.54, 1.807) is 11.2 Å². The minimum absolute atomic E-state index is 0.294. The molecule has 18 heavy (non-hydrogen) atoms. The minimum Gasteiger partial charge on any atom is -0.369 e. The molecule has 6 nitrogen and oxygen atoms in total. The molecule has 0 aliphatic heterocycles. The minimum atomic E-state index is -0.294. The highest BCUT2D eigenvalue weighted by Gasteiger charge is 2.08. The lowest BCUT2D eigenvalue weighted by Crippen LogP contribution is -2.39. The quantitative estimate of drug-likeness (QED) is 0.571. The number of nitrogens with zero attached hydrogens (tertiary/aromatic N) is 4. The second-order valence-corrected chi connectivity index (χ2v) is 4.23. The fraction of sp³-hybridized carbons (Fsp3) is 0.583. The molecule has 1 aromatic heterocycles. The molecule has 0 amide bonds. The Labute approximate surface area is 106 Å². The molecule has 1 rings (SSSR count). The third-order valence-corrected chi connectivity index (χ3v) is 2.44. The van der Waals surface area contributed by atoms with Crippen LogP contribution in [-0.2, 0) is 13.1 Å². The Hall–Kier alpha value is -1.85. The third-order valence-electron chi connectivity index (χ3n) is 2.44. The van der Waals surface area contributed by atoms with Gasteiger partial charge in [-0.25, -0.2) is 9.79 Å². The van der Waals surface area contributed by atoms with Crippen molar-refractivity contribution >= 4 is 12.2 Å². The maximum Gasteiger partial charge on any atom is 0.332 e. The first-order valence-corrected chi connectivity index (χ1v) is 6.06. The Morgan fingerprint density at radius 1 is 1.28 bits per heavy atom. The number of hydrogen-bond donors (Lipinski definition) is 0. The standard InChI is InChI=1S/C12H20N4O2/c1-5-7-16-11(17)8-10(13-9-14(3)4)15(6-2)12(16)18/h8-9H,5-7H2,1-4H3/b13-9+. The van der Waals surface area contributed by atoms with E-state index >= 15 is 0 Å². The van der Waals surface area contributed by atoms with Crippen LogP contribution in [-0.4, -0.2) is 34.5 Å². The van der Waals surface area contributed by atoms with Gasteiger partial charge < -0.3 is 4.90 Å². The summed E-state index contributed by atoms with van der Waals surface area (Å²) in [5, 5.41) is 0. The molecule has 0 spiro atoms. The van der Waals surface area contributed by atoms with E-state index in [0.717, 1.165) is 6.42 Å². The van der Waals surface area contributed by atoms with E-state index in [0.29, 0.717) is 18.9 Å². The maximum absolute atomic E-state index is 12.1. The molecule has 0 aliphatic carbocycles. The highest BCUT2D eigenvalue weighted by Crippen LogP contribution is 2.05. The van der Waals surface area contributed by atoms with Crippen molar-refractivity contribution in [1.29, 1.82) is 0 Å².